The molecule has 0 radical (unpaired) electrons. The predicted molar refractivity (Wildman–Crippen MR) is 92.5 cm³/mol. The van der Waals surface area contributed by atoms with E-state index in [9.17, 15) is 18.0 Å². The van der Waals surface area contributed by atoms with E-state index in [-0.39, 0.29) is 16.4 Å². The zero-order chi connectivity index (χ0) is 18.6. The van der Waals surface area contributed by atoms with E-state index in [0.29, 0.717) is 19.0 Å². The number of esters is 1. The maximum atomic E-state index is 12.4. The minimum Gasteiger partial charge on any atom is -0.449 e. The van der Waals surface area contributed by atoms with Gasteiger partial charge in [0.2, 0.25) is 10.0 Å². The number of nitrogens with one attached hydrogen (secondary N) is 1. The number of ether oxygens (including phenoxy) is 1. The molecule has 0 spiro atoms. The molecule has 1 N–H and O–H groups in total. The Labute approximate surface area is 148 Å². The third-order valence-electron chi connectivity index (χ3n) is 4.40. The second-order valence-electron chi connectivity index (χ2n) is 6.29. The maximum Gasteiger partial charge on any atom is 0.338 e. The van der Waals surface area contributed by atoms with Crippen LogP contribution in [0.3, 0.4) is 0 Å². The number of piperidine rings is 1. The number of benzene rings is 1. The fraction of sp³-hybridized carbons (Fsp3) is 0.529. The van der Waals surface area contributed by atoms with Crippen molar-refractivity contribution in [3.8, 4) is 0 Å². The van der Waals surface area contributed by atoms with Gasteiger partial charge < -0.3 is 9.64 Å². The summed E-state index contributed by atoms with van der Waals surface area (Å²) in [5, 5.41) is 0. The SMILES string of the molecule is CNS(=O)(=O)c1ccc(C(=O)OC(C)C(=O)N2CCC(C)CC2)cc1. The predicted octanol–water partition coefficient (Wildman–Crippen LogP) is 1.40. The largest absolute Gasteiger partial charge is 0.449 e. The summed E-state index contributed by atoms with van der Waals surface area (Å²) < 4.78 is 30.8. The van der Waals surface area contributed by atoms with Crippen molar-refractivity contribution in [2.24, 2.45) is 5.92 Å². The normalized spacial score (nSPS) is 17.2. The average molecular weight is 368 g/mol. The van der Waals surface area contributed by atoms with Gasteiger partial charge in [-0.05, 0) is 57.0 Å². The molecule has 8 heteroatoms. The van der Waals surface area contributed by atoms with Crippen molar-refractivity contribution in [3.63, 3.8) is 0 Å². The molecule has 1 fully saturated rings. The fourth-order valence-corrected chi connectivity index (χ4v) is 3.38. The first-order valence-electron chi connectivity index (χ1n) is 8.28. The van der Waals surface area contributed by atoms with Crippen molar-refractivity contribution in [2.75, 3.05) is 20.1 Å². The average Bonchev–Trinajstić information content (AvgIpc) is 2.61. The third-order valence-corrected chi connectivity index (χ3v) is 5.83. The lowest BCUT2D eigenvalue weighted by molar-refractivity contribution is -0.141. The number of nitrogens with zero attached hydrogens (tertiary/aromatic N) is 1. The number of hydrogen-bond acceptors (Lipinski definition) is 5. The number of carbonyl (C=O) groups is 2. The molecule has 1 aromatic rings. The van der Waals surface area contributed by atoms with E-state index in [1.807, 2.05) is 0 Å². The van der Waals surface area contributed by atoms with Crippen molar-refractivity contribution in [1.29, 1.82) is 0 Å². The van der Waals surface area contributed by atoms with Gasteiger partial charge >= 0.3 is 5.97 Å². The van der Waals surface area contributed by atoms with E-state index in [4.69, 9.17) is 4.74 Å². The zero-order valence-electron chi connectivity index (χ0n) is 14.7. The van der Waals surface area contributed by atoms with Crippen LogP contribution in [0, 0.1) is 5.92 Å². The van der Waals surface area contributed by atoms with Crippen LogP contribution in [-0.2, 0) is 19.6 Å². The number of sulfonamides is 1. The van der Waals surface area contributed by atoms with Gasteiger partial charge in [0.15, 0.2) is 6.10 Å². The molecule has 1 saturated heterocycles. The maximum absolute atomic E-state index is 12.4. The highest BCUT2D eigenvalue weighted by Crippen LogP contribution is 2.18. The first kappa shape index (κ1) is 19.4. The van der Waals surface area contributed by atoms with Crippen molar-refractivity contribution < 1.29 is 22.7 Å². The summed E-state index contributed by atoms with van der Waals surface area (Å²) >= 11 is 0. The lowest BCUT2D eigenvalue weighted by Crippen LogP contribution is -2.44. The molecule has 1 atom stereocenters. The second-order valence-corrected chi connectivity index (χ2v) is 8.17. The Morgan fingerprint density at radius 1 is 1.20 bits per heavy atom. The van der Waals surface area contributed by atoms with Gasteiger partial charge in [-0.1, -0.05) is 6.92 Å². The first-order chi connectivity index (χ1) is 11.7. The molecule has 1 heterocycles. The number of rotatable bonds is 5. The number of likely N-dealkylation sites (tertiary alicyclic amines) is 1. The van der Waals surface area contributed by atoms with Crippen LogP contribution in [0.4, 0.5) is 0 Å². The summed E-state index contributed by atoms with van der Waals surface area (Å²) in [6, 6.07) is 5.38. The summed E-state index contributed by atoms with van der Waals surface area (Å²) in [6.45, 7) is 5.07. The summed E-state index contributed by atoms with van der Waals surface area (Å²) in [6.07, 6.45) is 1.03. The van der Waals surface area contributed by atoms with Crippen LogP contribution in [0.5, 0.6) is 0 Å². The van der Waals surface area contributed by atoms with E-state index in [2.05, 4.69) is 11.6 Å². The molecule has 1 amide bonds. The van der Waals surface area contributed by atoms with E-state index in [1.54, 1.807) is 11.8 Å². The van der Waals surface area contributed by atoms with Crippen LogP contribution in [0.2, 0.25) is 0 Å². The zero-order valence-corrected chi connectivity index (χ0v) is 15.5. The molecule has 25 heavy (non-hydrogen) atoms. The Bertz CT molecular complexity index is 722. The van der Waals surface area contributed by atoms with E-state index >= 15 is 0 Å². The summed E-state index contributed by atoms with van der Waals surface area (Å²) in [5.74, 6) is -0.247. The topological polar surface area (TPSA) is 92.8 Å². The van der Waals surface area contributed by atoms with Crippen LogP contribution in [0.25, 0.3) is 0 Å². The molecule has 2 rings (SSSR count). The van der Waals surface area contributed by atoms with Crippen molar-refractivity contribution in [2.45, 2.75) is 37.7 Å². The molecule has 138 valence electrons. The monoisotopic (exact) mass is 368 g/mol. The second kappa shape index (κ2) is 7.97. The minimum absolute atomic E-state index is 0.0538. The lowest BCUT2D eigenvalue weighted by atomic mass is 9.99. The van der Waals surface area contributed by atoms with Crippen LogP contribution >= 0.6 is 0 Å². The number of hydrogen-bond donors (Lipinski definition) is 1. The van der Waals surface area contributed by atoms with Gasteiger partial charge in [0.1, 0.15) is 0 Å². The highest BCUT2D eigenvalue weighted by Gasteiger charge is 2.27. The van der Waals surface area contributed by atoms with E-state index in [1.165, 1.54) is 31.3 Å². The van der Waals surface area contributed by atoms with E-state index in [0.717, 1.165) is 12.8 Å². The molecular formula is C17H24N2O5S. The van der Waals surface area contributed by atoms with Crippen LogP contribution in [0.1, 0.15) is 37.0 Å². The molecule has 1 aromatic carbocycles. The molecule has 1 aliphatic rings. The number of amides is 1. The molecule has 0 saturated carbocycles. The summed E-state index contributed by atoms with van der Waals surface area (Å²) in [4.78, 5) is 26.3. The molecule has 0 aliphatic carbocycles. The third kappa shape index (κ3) is 4.79. The van der Waals surface area contributed by atoms with Crippen LogP contribution < -0.4 is 4.72 Å². The Kier molecular flexibility index (Phi) is 6.18. The fourth-order valence-electron chi connectivity index (χ4n) is 2.65. The Morgan fingerprint density at radius 3 is 2.28 bits per heavy atom. The van der Waals surface area contributed by atoms with Gasteiger partial charge in [0.05, 0.1) is 10.5 Å². The molecule has 0 aromatic heterocycles. The van der Waals surface area contributed by atoms with Crippen LogP contribution in [-0.4, -0.2) is 51.4 Å². The molecule has 0 bridgehead atoms. The number of carbonyl (C=O) groups excluding carboxylic acids is 2. The molecule has 7 nitrogen and oxygen atoms in total. The smallest absolute Gasteiger partial charge is 0.338 e. The Balaban J connectivity index is 1.98. The van der Waals surface area contributed by atoms with Gasteiger partial charge in [0, 0.05) is 13.1 Å². The standard InChI is InChI=1S/C17H24N2O5S/c1-12-8-10-19(11-9-12)16(20)13(2)24-17(21)14-4-6-15(7-5-14)25(22,23)18-3/h4-7,12-13,18H,8-11H2,1-3H3. The van der Waals surface area contributed by atoms with Gasteiger partial charge in [-0.25, -0.2) is 17.9 Å². The molecular weight excluding hydrogens is 344 g/mol. The lowest BCUT2D eigenvalue weighted by Gasteiger charge is -2.31. The van der Waals surface area contributed by atoms with Gasteiger partial charge in [-0.3, -0.25) is 4.79 Å². The van der Waals surface area contributed by atoms with Crippen molar-refractivity contribution >= 4 is 21.9 Å². The van der Waals surface area contributed by atoms with Crippen molar-refractivity contribution in [3.05, 3.63) is 29.8 Å². The first-order valence-corrected chi connectivity index (χ1v) is 9.76. The van der Waals surface area contributed by atoms with E-state index < -0.39 is 22.1 Å². The summed E-state index contributed by atoms with van der Waals surface area (Å²) in [5.41, 5.74) is 0.196. The highest BCUT2D eigenvalue weighted by molar-refractivity contribution is 7.89. The van der Waals surface area contributed by atoms with Gasteiger partial charge in [-0.15, -0.1) is 0 Å². The van der Waals surface area contributed by atoms with Gasteiger partial charge in [0.25, 0.3) is 5.91 Å². The van der Waals surface area contributed by atoms with Crippen molar-refractivity contribution in [1.82, 2.24) is 9.62 Å². The Morgan fingerprint density at radius 2 is 1.76 bits per heavy atom. The quantitative estimate of drug-likeness (QED) is 0.793. The summed E-state index contributed by atoms with van der Waals surface area (Å²) in [7, 11) is -2.25. The minimum atomic E-state index is -3.56. The van der Waals surface area contributed by atoms with Crippen LogP contribution in [0.15, 0.2) is 29.2 Å². The van der Waals surface area contributed by atoms with Gasteiger partial charge in [-0.2, -0.15) is 0 Å². The highest BCUT2D eigenvalue weighted by atomic mass is 32.2. The Hall–Kier alpha value is -1.93. The molecule has 1 aliphatic heterocycles. The molecule has 1 unspecified atom stereocenters.